The number of ketones is 1. The standard InChI is InChI=1S/C12H18FN3O/c1-5-11(8-12(14)10(3)17)16(4)15-7-6-9(2)13/h7-8,14H,2,5-6H2,1,3-4H3/b11-8-,14-12?,15-7+. The highest BCUT2D eigenvalue weighted by molar-refractivity contribution is 6.42. The van der Waals surface area contributed by atoms with Gasteiger partial charge >= 0.3 is 0 Å². The molecule has 0 atom stereocenters. The van der Waals surface area contributed by atoms with E-state index >= 15 is 0 Å². The predicted molar refractivity (Wildman–Crippen MR) is 67.9 cm³/mol. The minimum Gasteiger partial charge on any atom is -0.297 e. The molecule has 0 aliphatic heterocycles. The maximum absolute atomic E-state index is 12.4. The summed E-state index contributed by atoms with van der Waals surface area (Å²) in [6, 6.07) is 0. The van der Waals surface area contributed by atoms with Crippen LogP contribution in [0.15, 0.2) is 29.3 Å². The summed E-state index contributed by atoms with van der Waals surface area (Å²) in [7, 11) is 1.68. The van der Waals surface area contributed by atoms with E-state index in [9.17, 15) is 9.18 Å². The number of Topliss-reactive ketones (excluding diaryl/α,β-unsaturated/α-hetero) is 1. The number of nitrogens with zero attached hydrogens (tertiary/aromatic N) is 2. The first-order chi connectivity index (χ1) is 7.88. The minimum atomic E-state index is -0.458. The molecule has 0 amide bonds. The molecule has 0 aliphatic rings. The maximum Gasteiger partial charge on any atom is 0.177 e. The molecule has 0 bridgehead atoms. The summed E-state index contributed by atoms with van der Waals surface area (Å²) in [5, 5.41) is 12.9. The van der Waals surface area contributed by atoms with Crippen molar-refractivity contribution in [2.24, 2.45) is 5.10 Å². The molecule has 1 N–H and O–H groups in total. The number of allylic oxidation sites excluding steroid dienone is 3. The van der Waals surface area contributed by atoms with Gasteiger partial charge in [-0.1, -0.05) is 13.5 Å². The SMILES string of the molecule is C=C(F)C/C=N/N(C)/C(=C\C(=N)C(C)=O)CC. The number of halogens is 1. The number of carbonyl (C=O) groups is 1. The molecule has 5 heteroatoms. The number of hydrazone groups is 1. The van der Waals surface area contributed by atoms with Crippen molar-refractivity contribution in [3.8, 4) is 0 Å². The average Bonchev–Trinajstić information content (AvgIpc) is 2.24. The van der Waals surface area contributed by atoms with Gasteiger partial charge in [-0.3, -0.25) is 15.2 Å². The van der Waals surface area contributed by atoms with Crippen LogP contribution >= 0.6 is 0 Å². The Labute approximate surface area is 101 Å². The molecule has 94 valence electrons. The second-order valence-electron chi connectivity index (χ2n) is 3.50. The van der Waals surface area contributed by atoms with Crippen molar-refractivity contribution in [3.05, 3.63) is 24.2 Å². The molecule has 0 aromatic heterocycles. The molecule has 0 aliphatic carbocycles. The fourth-order valence-electron chi connectivity index (χ4n) is 1.03. The number of hydrogen-bond acceptors (Lipinski definition) is 4. The third-order valence-electron chi connectivity index (χ3n) is 2.04. The van der Waals surface area contributed by atoms with Crippen LogP contribution in [0.25, 0.3) is 0 Å². The lowest BCUT2D eigenvalue weighted by atomic mass is 10.2. The van der Waals surface area contributed by atoms with Crippen LogP contribution < -0.4 is 0 Å². The van der Waals surface area contributed by atoms with E-state index in [1.54, 1.807) is 7.05 Å². The van der Waals surface area contributed by atoms with E-state index in [0.717, 1.165) is 0 Å². The highest BCUT2D eigenvalue weighted by atomic mass is 19.1. The van der Waals surface area contributed by atoms with Crippen LogP contribution in [-0.2, 0) is 4.79 Å². The molecule has 0 unspecified atom stereocenters. The van der Waals surface area contributed by atoms with E-state index in [-0.39, 0.29) is 17.9 Å². The summed E-state index contributed by atoms with van der Waals surface area (Å²) in [4.78, 5) is 10.9. The molecule has 0 heterocycles. The molecule has 0 spiro atoms. The third-order valence-corrected chi connectivity index (χ3v) is 2.04. The Bertz CT molecular complexity index is 372. The summed E-state index contributed by atoms with van der Waals surface area (Å²) in [6.07, 6.45) is 3.54. The molecule has 0 radical (unpaired) electrons. The van der Waals surface area contributed by atoms with Crippen LogP contribution in [0.3, 0.4) is 0 Å². The number of hydrogen-bond donors (Lipinski definition) is 1. The first-order valence-corrected chi connectivity index (χ1v) is 5.28. The molecular weight excluding hydrogens is 221 g/mol. The first kappa shape index (κ1) is 15.2. The van der Waals surface area contributed by atoms with Crippen LogP contribution in [-0.4, -0.2) is 29.8 Å². The van der Waals surface area contributed by atoms with Gasteiger partial charge in [-0.25, -0.2) is 4.39 Å². The smallest absolute Gasteiger partial charge is 0.177 e. The van der Waals surface area contributed by atoms with Crippen molar-refractivity contribution >= 4 is 17.7 Å². The predicted octanol–water partition coefficient (Wildman–Crippen LogP) is 2.68. The van der Waals surface area contributed by atoms with Crippen LogP contribution in [0.1, 0.15) is 26.7 Å². The van der Waals surface area contributed by atoms with Gasteiger partial charge in [0.05, 0.1) is 11.5 Å². The van der Waals surface area contributed by atoms with E-state index in [2.05, 4.69) is 11.7 Å². The number of rotatable bonds is 7. The molecule has 0 saturated carbocycles. The zero-order chi connectivity index (χ0) is 13.4. The zero-order valence-corrected chi connectivity index (χ0v) is 10.5. The van der Waals surface area contributed by atoms with Crippen LogP contribution in [0, 0.1) is 5.41 Å². The summed E-state index contributed by atoms with van der Waals surface area (Å²) >= 11 is 0. The van der Waals surface area contributed by atoms with E-state index in [1.165, 1.54) is 24.2 Å². The Morgan fingerprint density at radius 1 is 1.59 bits per heavy atom. The molecule has 0 fully saturated rings. The average molecular weight is 239 g/mol. The lowest BCUT2D eigenvalue weighted by molar-refractivity contribution is -0.111. The van der Waals surface area contributed by atoms with Gasteiger partial charge in [-0.15, -0.1) is 0 Å². The lowest BCUT2D eigenvalue weighted by Crippen LogP contribution is -2.14. The fraction of sp³-hybridized carbons (Fsp3) is 0.417. The Kier molecular flexibility index (Phi) is 6.70. The van der Waals surface area contributed by atoms with Gasteiger partial charge < -0.3 is 0 Å². The van der Waals surface area contributed by atoms with Crippen molar-refractivity contribution < 1.29 is 9.18 Å². The van der Waals surface area contributed by atoms with Crippen molar-refractivity contribution in [2.75, 3.05) is 7.05 Å². The highest BCUT2D eigenvalue weighted by Crippen LogP contribution is 2.07. The molecular formula is C12H18FN3O. The molecule has 0 saturated heterocycles. The Morgan fingerprint density at radius 2 is 2.18 bits per heavy atom. The first-order valence-electron chi connectivity index (χ1n) is 5.28. The monoisotopic (exact) mass is 239 g/mol. The minimum absolute atomic E-state index is 0.0610. The lowest BCUT2D eigenvalue weighted by Gasteiger charge is -2.15. The second-order valence-corrected chi connectivity index (χ2v) is 3.50. The Morgan fingerprint density at radius 3 is 2.59 bits per heavy atom. The molecule has 4 nitrogen and oxygen atoms in total. The van der Waals surface area contributed by atoms with E-state index in [4.69, 9.17) is 5.41 Å². The van der Waals surface area contributed by atoms with Crippen molar-refractivity contribution in [2.45, 2.75) is 26.7 Å². The van der Waals surface area contributed by atoms with E-state index in [1.807, 2.05) is 6.92 Å². The largest absolute Gasteiger partial charge is 0.297 e. The van der Waals surface area contributed by atoms with Gasteiger partial charge in [0.2, 0.25) is 0 Å². The van der Waals surface area contributed by atoms with Gasteiger partial charge in [0.25, 0.3) is 0 Å². The quantitative estimate of drug-likeness (QED) is 0.548. The molecule has 17 heavy (non-hydrogen) atoms. The summed E-state index contributed by atoms with van der Waals surface area (Å²) < 4.78 is 12.4. The van der Waals surface area contributed by atoms with E-state index < -0.39 is 5.83 Å². The Balaban J connectivity index is 4.66. The van der Waals surface area contributed by atoms with Crippen molar-refractivity contribution in [1.29, 1.82) is 5.41 Å². The van der Waals surface area contributed by atoms with Gasteiger partial charge in [0, 0.05) is 32.3 Å². The van der Waals surface area contributed by atoms with Gasteiger partial charge in [0.15, 0.2) is 5.78 Å². The second kappa shape index (κ2) is 7.49. The van der Waals surface area contributed by atoms with Crippen LogP contribution in [0.2, 0.25) is 0 Å². The van der Waals surface area contributed by atoms with Crippen molar-refractivity contribution in [1.82, 2.24) is 5.01 Å². The van der Waals surface area contributed by atoms with Gasteiger partial charge in [-0.2, -0.15) is 5.10 Å². The van der Waals surface area contributed by atoms with Gasteiger partial charge in [0.1, 0.15) is 0 Å². The Hall–Kier alpha value is -1.78. The normalized spacial score (nSPS) is 11.6. The zero-order valence-electron chi connectivity index (χ0n) is 10.5. The number of nitrogens with one attached hydrogen (secondary N) is 1. The van der Waals surface area contributed by atoms with Crippen LogP contribution in [0.4, 0.5) is 4.39 Å². The fourth-order valence-corrected chi connectivity index (χ4v) is 1.03. The van der Waals surface area contributed by atoms with E-state index in [0.29, 0.717) is 12.1 Å². The van der Waals surface area contributed by atoms with Crippen molar-refractivity contribution in [3.63, 3.8) is 0 Å². The summed E-state index contributed by atoms with van der Waals surface area (Å²) in [5.41, 5.74) is 0.643. The molecule has 0 aromatic rings. The summed E-state index contributed by atoms with van der Waals surface area (Å²) in [5.74, 6) is -0.758. The van der Waals surface area contributed by atoms with Crippen LogP contribution in [0.5, 0.6) is 0 Å². The highest BCUT2D eigenvalue weighted by Gasteiger charge is 2.05. The molecule has 0 aromatic carbocycles. The topological polar surface area (TPSA) is 56.5 Å². The van der Waals surface area contributed by atoms with Gasteiger partial charge in [-0.05, 0) is 12.5 Å². The summed E-state index contributed by atoms with van der Waals surface area (Å²) in [6.45, 7) is 6.34. The maximum atomic E-state index is 12.4. The number of carbonyl (C=O) groups excluding carboxylic acids is 1. The molecule has 0 rings (SSSR count). The third kappa shape index (κ3) is 6.40.